The molecule has 4 nitrogen and oxygen atoms in total. The third-order valence-electron chi connectivity index (χ3n) is 2.82. The van der Waals surface area contributed by atoms with Crippen molar-refractivity contribution in [3.8, 4) is 0 Å². The number of halogens is 1. The number of guanidine groups is 1. The van der Waals surface area contributed by atoms with Gasteiger partial charge in [-0.3, -0.25) is 4.99 Å². The third-order valence-corrected chi connectivity index (χ3v) is 3.69. The zero-order valence-electron chi connectivity index (χ0n) is 10.7. The first-order valence-corrected chi connectivity index (χ1v) is 6.64. The van der Waals surface area contributed by atoms with E-state index in [9.17, 15) is 0 Å². The van der Waals surface area contributed by atoms with Crippen LogP contribution < -0.4 is 10.6 Å². The summed E-state index contributed by atoms with van der Waals surface area (Å²) in [4.78, 5) is 5.52. The Morgan fingerprint density at radius 1 is 1.50 bits per heavy atom. The maximum absolute atomic E-state index is 5.22. The Kier molecular flexibility index (Phi) is 6.37. The highest BCUT2D eigenvalue weighted by Gasteiger charge is 2.33. The van der Waals surface area contributed by atoms with Gasteiger partial charge in [0, 0.05) is 23.9 Å². The number of nitrogens with one attached hydrogen (secondary N) is 2. The summed E-state index contributed by atoms with van der Waals surface area (Å²) < 4.78 is 5.22. The Bertz CT molecular complexity index is 377. The molecule has 0 amide bonds. The smallest absolute Gasteiger partial charge is 0.191 e. The number of nitrogens with zero attached hydrogens (tertiary/aromatic N) is 1. The van der Waals surface area contributed by atoms with Crippen LogP contribution in [0.3, 0.4) is 0 Å². The van der Waals surface area contributed by atoms with E-state index in [-0.39, 0.29) is 29.4 Å². The monoisotopic (exact) mass is 381 g/mol. The van der Waals surface area contributed by atoms with E-state index in [1.165, 1.54) is 4.88 Å². The van der Waals surface area contributed by atoms with E-state index in [0.717, 1.165) is 32.3 Å². The van der Waals surface area contributed by atoms with Crippen molar-refractivity contribution in [1.82, 2.24) is 10.6 Å². The number of thiophene rings is 1. The van der Waals surface area contributed by atoms with Crippen molar-refractivity contribution in [2.75, 3.05) is 26.8 Å². The lowest BCUT2D eigenvalue weighted by Gasteiger charge is -2.38. The molecule has 1 saturated heterocycles. The number of aliphatic imine (C=N–C) groups is 1. The zero-order valence-corrected chi connectivity index (χ0v) is 13.9. The molecule has 0 atom stereocenters. The Morgan fingerprint density at radius 3 is 2.78 bits per heavy atom. The van der Waals surface area contributed by atoms with Gasteiger partial charge in [-0.05, 0) is 11.4 Å². The molecule has 1 aliphatic heterocycles. The lowest BCUT2D eigenvalue weighted by atomic mass is 9.89. The van der Waals surface area contributed by atoms with Crippen molar-refractivity contribution in [2.45, 2.75) is 13.5 Å². The van der Waals surface area contributed by atoms with E-state index in [1.807, 2.05) is 0 Å². The first-order valence-electron chi connectivity index (χ1n) is 5.76. The maximum atomic E-state index is 5.22. The van der Waals surface area contributed by atoms with Crippen molar-refractivity contribution >= 4 is 41.3 Å². The predicted molar refractivity (Wildman–Crippen MR) is 86.9 cm³/mol. The highest BCUT2D eigenvalue weighted by molar-refractivity contribution is 14.0. The Morgan fingerprint density at radius 2 is 2.28 bits per heavy atom. The molecule has 2 N–H and O–H groups in total. The maximum Gasteiger partial charge on any atom is 0.191 e. The minimum Gasteiger partial charge on any atom is -0.380 e. The first kappa shape index (κ1) is 15.7. The van der Waals surface area contributed by atoms with E-state index in [2.05, 4.69) is 40.1 Å². The Hall–Kier alpha value is -0.340. The molecule has 0 aliphatic carbocycles. The van der Waals surface area contributed by atoms with Crippen LogP contribution in [0.4, 0.5) is 0 Å². The SMILES string of the molecule is CN=C(NCc1cccs1)NCC1(C)COC1.I. The lowest BCUT2D eigenvalue weighted by Crippen LogP contribution is -2.50. The molecular formula is C12H20IN3OS. The molecule has 0 aromatic carbocycles. The molecule has 102 valence electrons. The van der Waals surface area contributed by atoms with Gasteiger partial charge in [-0.1, -0.05) is 13.0 Å². The number of hydrogen-bond donors (Lipinski definition) is 2. The van der Waals surface area contributed by atoms with Gasteiger partial charge >= 0.3 is 0 Å². The summed E-state index contributed by atoms with van der Waals surface area (Å²) in [6.07, 6.45) is 0. The van der Waals surface area contributed by atoms with E-state index in [4.69, 9.17) is 4.74 Å². The molecule has 0 spiro atoms. The van der Waals surface area contributed by atoms with Crippen LogP contribution in [0.5, 0.6) is 0 Å². The van der Waals surface area contributed by atoms with Crippen LogP contribution in [0.25, 0.3) is 0 Å². The summed E-state index contributed by atoms with van der Waals surface area (Å²) in [6.45, 7) is 5.61. The number of hydrogen-bond acceptors (Lipinski definition) is 3. The van der Waals surface area contributed by atoms with Gasteiger partial charge in [0.1, 0.15) is 0 Å². The highest BCUT2D eigenvalue weighted by Crippen LogP contribution is 2.24. The third kappa shape index (κ3) is 4.40. The quantitative estimate of drug-likeness (QED) is 0.477. The normalized spacial score (nSPS) is 17.6. The van der Waals surface area contributed by atoms with E-state index < -0.39 is 0 Å². The number of ether oxygens (including phenoxy) is 1. The molecule has 1 fully saturated rings. The van der Waals surface area contributed by atoms with Gasteiger partial charge in [-0.15, -0.1) is 35.3 Å². The van der Waals surface area contributed by atoms with Crippen LogP contribution in [0.1, 0.15) is 11.8 Å². The van der Waals surface area contributed by atoms with Gasteiger partial charge in [0.2, 0.25) is 0 Å². The average Bonchev–Trinajstić information content (AvgIpc) is 2.80. The molecule has 2 rings (SSSR count). The summed E-state index contributed by atoms with van der Waals surface area (Å²) in [5, 5.41) is 8.72. The lowest BCUT2D eigenvalue weighted by molar-refractivity contribution is -0.0971. The Balaban J connectivity index is 0.00000162. The second-order valence-corrected chi connectivity index (χ2v) is 5.69. The highest BCUT2D eigenvalue weighted by atomic mass is 127. The molecule has 0 bridgehead atoms. The fourth-order valence-electron chi connectivity index (χ4n) is 1.65. The Labute approximate surface area is 129 Å². The second kappa shape index (κ2) is 7.30. The fraction of sp³-hybridized carbons (Fsp3) is 0.583. The van der Waals surface area contributed by atoms with E-state index in [0.29, 0.717) is 0 Å². The van der Waals surface area contributed by atoms with Crippen LogP contribution >= 0.6 is 35.3 Å². The van der Waals surface area contributed by atoms with Crippen molar-refractivity contribution in [1.29, 1.82) is 0 Å². The minimum atomic E-state index is 0. The standard InChI is InChI=1S/C12H19N3OS.HI/c1-12(8-16-9-12)7-15-11(13-2)14-6-10-4-3-5-17-10;/h3-5H,6-9H2,1-2H3,(H2,13,14,15);1H. The van der Waals surface area contributed by atoms with Crippen molar-refractivity contribution in [2.24, 2.45) is 10.4 Å². The molecule has 0 unspecified atom stereocenters. The van der Waals surface area contributed by atoms with Gasteiger partial charge in [-0.2, -0.15) is 0 Å². The van der Waals surface area contributed by atoms with Crippen molar-refractivity contribution < 1.29 is 4.74 Å². The van der Waals surface area contributed by atoms with Crippen molar-refractivity contribution in [3.05, 3.63) is 22.4 Å². The fourth-order valence-corrected chi connectivity index (χ4v) is 2.30. The van der Waals surface area contributed by atoms with Gasteiger partial charge in [0.05, 0.1) is 19.8 Å². The minimum absolute atomic E-state index is 0. The van der Waals surface area contributed by atoms with Crippen LogP contribution in [-0.2, 0) is 11.3 Å². The topological polar surface area (TPSA) is 45.7 Å². The van der Waals surface area contributed by atoms with E-state index in [1.54, 1.807) is 18.4 Å². The van der Waals surface area contributed by atoms with Gasteiger partial charge in [0.15, 0.2) is 5.96 Å². The largest absolute Gasteiger partial charge is 0.380 e. The van der Waals surface area contributed by atoms with Crippen molar-refractivity contribution in [3.63, 3.8) is 0 Å². The molecule has 1 aromatic heterocycles. The van der Waals surface area contributed by atoms with Crippen LogP contribution in [0.15, 0.2) is 22.5 Å². The molecule has 2 heterocycles. The predicted octanol–water partition coefficient (Wildman–Crippen LogP) is 2.07. The summed E-state index contributed by atoms with van der Waals surface area (Å²) >= 11 is 1.75. The van der Waals surface area contributed by atoms with Gasteiger partial charge < -0.3 is 15.4 Å². The number of rotatable bonds is 4. The molecule has 1 aromatic rings. The summed E-state index contributed by atoms with van der Waals surface area (Å²) in [5.74, 6) is 0.853. The summed E-state index contributed by atoms with van der Waals surface area (Å²) in [7, 11) is 1.80. The molecular weight excluding hydrogens is 361 g/mol. The molecule has 0 saturated carbocycles. The summed E-state index contributed by atoms with van der Waals surface area (Å²) in [6, 6.07) is 4.18. The molecule has 0 radical (unpaired) electrons. The van der Waals surface area contributed by atoms with Crippen LogP contribution in [-0.4, -0.2) is 32.8 Å². The van der Waals surface area contributed by atoms with Crippen LogP contribution in [0, 0.1) is 5.41 Å². The van der Waals surface area contributed by atoms with Gasteiger partial charge in [-0.25, -0.2) is 0 Å². The van der Waals surface area contributed by atoms with Crippen LogP contribution in [0.2, 0.25) is 0 Å². The zero-order chi connectivity index (χ0) is 12.1. The molecule has 18 heavy (non-hydrogen) atoms. The summed E-state index contributed by atoms with van der Waals surface area (Å²) in [5.41, 5.74) is 0.264. The molecule has 6 heteroatoms. The second-order valence-electron chi connectivity index (χ2n) is 4.66. The van der Waals surface area contributed by atoms with E-state index >= 15 is 0 Å². The first-order chi connectivity index (χ1) is 8.22. The van der Waals surface area contributed by atoms with Gasteiger partial charge in [0.25, 0.3) is 0 Å². The average molecular weight is 381 g/mol. The molecule has 1 aliphatic rings.